The largest absolute Gasteiger partial charge is 0.493 e. The highest BCUT2D eigenvalue weighted by molar-refractivity contribution is 5.85. The molecule has 1 aromatic carbocycles. The van der Waals surface area contributed by atoms with Gasteiger partial charge in [-0.2, -0.15) is 5.26 Å². The molecule has 104 valence electrons. The smallest absolute Gasteiger partial charge is 0.120 e. The highest BCUT2D eigenvalue weighted by atomic mass is 35.5. The van der Waals surface area contributed by atoms with E-state index < -0.39 is 0 Å². The summed E-state index contributed by atoms with van der Waals surface area (Å²) in [6, 6.07) is 9.39. The quantitative estimate of drug-likeness (QED) is 0.944. The Kier molecular flexibility index (Phi) is 4.65. The fraction of sp³-hybridized carbons (Fsp3) is 0.333. The Morgan fingerprint density at radius 1 is 1.45 bits per heavy atom. The minimum absolute atomic E-state index is 0. The molecule has 1 aliphatic rings. The molecular weight excluding hydrogens is 274 g/mol. The lowest BCUT2D eigenvalue weighted by Crippen LogP contribution is -2.16. The molecule has 1 N–H and O–H groups in total. The fourth-order valence-electron chi connectivity index (χ4n) is 2.56. The SMILES string of the molecule is Cl.N#Cc1cccc(OCC2CCCc3[nH]cnc32)c1. The molecule has 2 aromatic rings. The average molecular weight is 290 g/mol. The van der Waals surface area contributed by atoms with E-state index in [-0.39, 0.29) is 12.4 Å². The van der Waals surface area contributed by atoms with E-state index in [1.165, 1.54) is 12.1 Å². The highest BCUT2D eigenvalue weighted by Gasteiger charge is 2.23. The Balaban J connectivity index is 0.00000147. The second-order valence-electron chi connectivity index (χ2n) is 4.81. The first kappa shape index (κ1) is 14.4. The number of hydrogen-bond donors (Lipinski definition) is 1. The first-order chi connectivity index (χ1) is 9.36. The zero-order valence-corrected chi connectivity index (χ0v) is 11.8. The van der Waals surface area contributed by atoms with Crippen LogP contribution in [0.4, 0.5) is 0 Å². The normalized spacial score (nSPS) is 16.6. The Labute approximate surface area is 124 Å². The lowest BCUT2D eigenvalue weighted by Gasteiger charge is -2.21. The van der Waals surface area contributed by atoms with Gasteiger partial charge in [0, 0.05) is 11.6 Å². The summed E-state index contributed by atoms with van der Waals surface area (Å²) in [6.07, 6.45) is 5.12. The van der Waals surface area contributed by atoms with Crippen LogP contribution in [0.3, 0.4) is 0 Å². The number of aromatic amines is 1. The van der Waals surface area contributed by atoms with Crippen molar-refractivity contribution in [3.05, 3.63) is 47.5 Å². The van der Waals surface area contributed by atoms with Crippen molar-refractivity contribution in [2.24, 2.45) is 0 Å². The number of halogens is 1. The summed E-state index contributed by atoms with van der Waals surface area (Å²) < 4.78 is 5.81. The van der Waals surface area contributed by atoms with Gasteiger partial charge < -0.3 is 9.72 Å². The lowest BCUT2D eigenvalue weighted by atomic mass is 9.90. The van der Waals surface area contributed by atoms with Crippen LogP contribution in [0.5, 0.6) is 5.75 Å². The molecule has 4 nitrogen and oxygen atoms in total. The molecule has 5 heteroatoms. The number of fused-ring (bicyclic) bond motifs is 1. The standard InChI is InChI=1S/C15H15N3O.ClH/c16-8-11-3-1-5-13(7-11)19-9-12-4-2-6-14-15(12)18-10-17-14;/h1,3,5,7,10,12H,2,4,6,9H2,(H,17,18);1H. The van der Waals surface area contributed by atoms with Gasteiger partial charge in [0.2, 0.25) is 0 Å². The second-order valence-corrected chi connectivity index (χ2v) is 4.81. The van der Waals surface area contributed by atoms with Gasteiger partial charge in [0.05, 0.1) is 30.3 Å². The van der Waals surface area contributed by atoms with Crippen LogP contribution in [0, 0.1) is 11.3 Å². The predicted molar refractivity (Wildman–Crippen MR) is 78.2 cm³/mol. The first-order valence-corrected chi connectivity index (χ1v) is 6.52. The maximum Gasteiger partial charge on any atom is 0.120 e. The Hall–Kier alpha value is -1.99. The maximum absolute atomic E-state index is 8.86. The molecule has 0 spiro atoms. The van der Waals surface area contributed by atoms with Crippen LogP contribution in [0.1, 0.15) is 35.7 Å². The maximum atomic E-state index is 8.86. The van der Waals surface area contributed by atoms with Crippen molar-refractivity contribution < 1.29 is 4.74 Å². The number of imidazole rings is 1. The van der Waals surface area contributed by atoms with Crippen LogP contribution in [0.25, 0.3) is 0 Å². The van der Waals surface area contributed by atoms with Gasteiger partial charge >= 0.3 is 0 Å². The van der Waals surface area contributed by atoms with Gasteiger partial charge in [-0.1, -0.05) is 6.07 Å². The van der Waals surface area contributed by atoms with Crippen molar-refractivity contribution in [2.45, 2.75) is 25.2 Å². The fourth-order valence-corrected chi connectivity index (χ4v) is 2.56. The Morgan fingerprint density at radius 2 is 2.35 bits per heavy atom. The minimum atomic E-state index is 0. The number of rotatable bonds is 3. The summed E-state index contributed by atoms with van der Waals surface area (Å²) >= 11 is 0. The monoisotopic (exact) mass is 289 g/mol. The third kappa shape index (κ3) is 2.94. The molecule has 0 saturated heterocycles. The summed E-state index contributed by atoms with van der Waals surface area (Å²) in [5.74, 6) is 1.10. The number of H-pyrrole nitrogens is 1. The van der Waals surface area contributed by atoms with Crippen LogP contribution in [-0.4, -0.2) is 16.6 Å². The summed E-state index contributed by atoms with van der Waals surface area (Å²) in [7, 11) is 0. The van der Waals surface area contributed by atoms with Gasteiger partial charge in [-0.05, 0) is 37.5 Å². The third-order valence-corrected chi connectivity index (χ3v) is 3.53. The van der Waals surface area contributed by atoms with E-state index in [1.54, 1.807) is 18.5 Å². The van der Waals surface area contributed by atoms with E-state index in [2.05, 4.69) is 16.0 Å². The number of aryl methyl sites for hydroxylation is 1. The molecular formula is C15H16ClN3O. The van der Waals surface area contributed by atoms with E-state index in [4.69, 9.17) is 10.00 Å². The molecule has 0 aliphatic heterocycles. The van der Waals surface area contributed by atoms with E-state index in [9.17, 15) is 0 Å². The van der Waals surface area contributed by atoms with Crippen molar-refractivity contribution in [3.8, 4) is 11.8 Å². The van der Waals surface area contributed by atoms with Crippen LogP contribution in [-0.2, 0) is 6.42 Å². The van der Waals surface area contributed by atoms with Crippen LogP contribution in [0.2, 0.25) is 0 Å². The third-order valence-electron chi connectivity index (χ3n) is 3.53. The summed E-state index contributed by atoms with van der Waals surface area (Å²) in [6.45, 7) is 0.618. The summed E-state index contributed by atoms with van der Waals surface area (Å²) in [4.78, 5) is 7.59. The number of nitriles is 1. The summed E-state index contributed by atoms with van der Waals surface area (Å²) in [5.41, 5.74) is 3.01. The molecule has 1 atom stereocenters. The van der Waals surface area contributed by atoms with E-state index >= 15 is 0 Å². The van der Waals surface area contributed by atoms with Gasteiger partial charge in [0.15, 0.2) is 0 Å². The Morgan fingerprint density at radius 3 is 3.20 bits per heavy atom. The number of benzene rings is 1. The minimum Gasteiger partial charge on any atom is -0.493 e. The number of nitrogens with one attached hydrogen (secondary N) is 1. The molecule has 1 aliphatic carbocycles. The molecule has 0 amide bonds. The molecule has 1 unspecified atom stereocenters. The van der Waals surface area contributed by atoms with Crippen LogP contribution in [0.15, 0.2) is 30.6 Å². The topological polar surface area (TPSA) is 61.7 Å². The first-order valence-electron chi connectivity index (χ1n) is 6.52. The summed E-state index contributed by atoms with van der Waals surface area (Å²) in [5, 5.41) is 8.86. The number of nitrogens with zero attached hydrogens (tertiary/aromatic N) is 2. The zero-order chi connectivity index (χ0) is 13.1. The Bertz CT molecular complexity index is 618. The zero-order valence-electron chi connectivity index (χ0n) is 11.0. The van der Waals surface area contributed by atoms with E-state index in [1.807, 2.05) is 12.1 Å². The van der Waals surface area contributed by atoms with Crippen LogP contribution >= 0.6 is 12.4 Å². The van der Waals surface area contributed by atoms with Crippen molar-refractivity contribution in [3.63, 3.8) is 0 Å². The molecule has 0 saturated carbocycles. The van der Waals surface area contributed by atoms with Crippen molar-refractivity contribution in [1.82, 2.24) is 9.97 Å². The lowest BCUT2D eigenvalue weighted by molar-refractivity contribution is 0.272. The van der Waals surface area contributed by atoms with E-state index in [0.717, 1.165) is 24.3 Å². The molecule has 0 fully saturated rings. The molecule has 1 aromatic heterocycles. The predicted octanol–water partition coefficient (Wildman–Crippen LogP) is 3.20. The van der Waals surface area contributed by atoms with Gasteiger partial charge in [-0.3, -0.25) is 0 Å². The van der Waals surface area contributed by atoms with Crippen LogP contribution < -0.4 is 4.74 Å². The average Bonchev–Trinajstić information content (AvgIpc) is 2.94. The second kappa shape index (κ2) is 6.44. The molecule has 0 radical (unpaired) electrons. The molecule has 0 bridgehead atoms. The van der Waals surface area contributed by atoms with Gasteiger partial charge in [0.25, 0.3) is 0 Å². The molecule has 20 heavy (non-hydrogen) atoms. The highest BCUT2D eigenvalue weighted by Crippen LogP contribution is 2.29. The molecule has 1 heterocycles. The number of ether oxygens (including phenoxy) is 1. The van der Waals surface area contributed by atoms with Gasteiger partial charge in [0.1, 0.15) is 5.75 Å². The molecule has 3 rings (SSSR count). The number of aromatic nitrogens is 2. The van der Waals surface area contributed by atoms with Crippen molar-refractivity contribution >= 4 is 12.4 Å². The van der Waals surface area contributed by atoms with Gasteiger partial charge in [-0.15, -0.1) is 12.4 Å². The number of hydrogen-bond acceptors (Lipinski definition) is 3. The van der Waals surface area contributed by atoms with Crippen molar-refractivity contribution in [1.29, 1.82) is 5.26 Å². The van der Waals surface area contributed by atoms with Gasteiger partial charge in [-0.25, -0.2) is 4.98 Å². The van der Waals surface area contributed by atoms with Crippen molar-refractivity contribution in [2.75, 3.05) is 6.61 Å². The van der Waals surface area contributed by atoms with E-state index in [0.29, 0.717) is 18.1 Å².